The number of hydrogen-bond donors (Lipinski definition) is 2. The van der Waals surface area contributed by atoms with Gasteiger partial charge in [-0.2, -0.15) is 0 Å². The Kier molecular flexibility index (Phi) is 6.39. The van der Waals surface area contributed by atoms with Crippen molar-refractivity contribution in [2.75, 3.05) is 6.54 Å². The summed E-state index contributed by atoms with van der Waals surface area (Å²) in [5.41, 5.74) is 2.87. The number of aryl methyl sites for hydroxylation is 2. The maximum Gasteiger partial charge on any atom is 0.261 e. The molecule has 1 heterocycles. The quantitative estimate of drug-likeness (QED) is 0.644. The zero-order valence-corrected chi connectivity index (χ0v) is 16.6. The Hall–Kier alpha value is -3.48. The van der Waals surface area contributed by atoms with Gasteiger partial charge in [0.05, 0.1) is 17.2 Å². The summed E-state index contributed by atoms with van der Waals surface area (Å²) in [6.07, 6.45) is 1.65. The van der Waals surface area contributed by atoms with E-state index >= 15 is 0 Å². The van der Waals surface area contributed by atoms with Crippen molar-refractivity contribution in [2.45, 2.75) is 33.4 Å². The van der Waals surface area contributed by atoms with Crippen molar-refractivity contribution in [3.05, 3.63) is 75.8 Å². The van der Waals surface area contributed by atoms with Crippen LogP contribution in [0.2, 0.25) is 0 Å². The molecule has 1 aromatic heterocycles. The third-order valence-electron chi connectivity index (χ3n) is 4.65. The number of benzene rings is 2. The largest absolute Gasteiger partial charge is 0.352 e. The lowest BCUT2D eigenvalue weighted by Crippen LogP contribution is -2.27. The minimum atomic E-state index is -0.176. The maximum atomic E-state index is 12.6. The number of carbonyl (C=O) groups excluding carboxylic acids is 2. The van der Waals surface area contributed by atoms with Crippen LogP contribution in [0.25, 0.3) is 10.9 Å². The van der Waals surface area contributed by atoms with E-state index in [2.05, 4.69) is 15.6 Å². The predicted octanol–water partition coefficient (Wildman–Crippen LogP) is 2.16. The van der Waals surface area contributed by atoms with Gasteiger partial charge in [-0.3, -0.25) is 19.0 Å². The molecule has 0 aliphatic rings. The second-order valence-corrected chi connectivity index (χ2v) is 6.80. The Balaban J connectivity index is 1.59. The van der Waals surface area contributed by atoms with Crippen LogP contribution >= 0.6 is 0 Å². The van der Waals surface area contributed by atoms with Crippen LogP contribution in [-0.4, -0.2) is 27.9 Å². The van der Waals surface area contributed by atoms with Gasteiger partial charge in [0.2, 0.25) is 5.91 Å². The lowest BCUT2D eigenvalue weighted by molar-refractivity contribution is -0.121. The highest BCUT2D eigenvalue weighted by Gasteiger charge is 2.09. The van der Waals surface area contributed by atoms with Crippen LogP contribution in [-0.2, 0) is 17.9 Å². The van der Waals surface area contributed by atoms with E-state index in [1.807, 2.05) is 32.0 Å². The van der Waals surface area contributed by atoms with E-state index in [0.717, 1.165) is 11.1 Å². The van der Waals surface area contributed by atoms with Gasteiger partial charge in [0.1, 0.15) is 0 Å². The second-order valence-electron chi connectivity index (χ2n) is 6.80. The van der Waals surface area contributed by atoms with Crippen LogP contribution in [0.3, 0.4) is 0 Å². The summed E-state index contributed by atoms with van der Waals surface area (Å²) in [6, 6.07) is 12.6. The Bertz CT molecular complexity index is 1100. The number of para-hydroxylation sites is 1. The molecule has 2 N–H and O–H groups in total. The van der Waals surface area contributed by atoms with Crippen molar-refractivity contribution >= 4 is 22.7 Å². The molecule has 0 saturated carbocycles. The Labute approximate surface area is 168 Å². The smallest absolute Gasteiger partial charge is 0.261 e. The Morgan fingerprint density at radius 1 is 1.10 bits per heavy atom. The highest BCUT2D eigenvalue weighted by atomic mass is 16.2. The molecule has 0 atom stereocenters. The molecule has 0 aliphatic carbocycles. The SMILES string of the molecule is CCNC(=O)c1cccc(CNC(=O)CCn2cnc3c(C)cccc3c2=O)c1. The van der Waals surface area contributed by atoms with Crippen LogP contribution in [0.5, 0.6) is 0 Å². The zero-order valence-electron chi connectivity index (χ0n) is 16.6. The lowest BCUT2D eigenvalue weighted by atomic mass is 10.1. The molecule has 3 rings (SSSR count). The molecule has 2 aromatic carbocycles. The van der Waals surface area contributed by atoms with Crippen LogP contribution in [0.15, 0.2) is 53.6 Å². The molecule has 29 heavy (non-hydrogen) atoms. The molecule has 0 aliphatic heterocycles. The lowest BCUT2D eigenvalue weighted by Gasteiger charge is -2.09. The molecule has 7 nitrogen and oxygen atoms in total. The van der Waals surface area contributed by atoms with Crippen molar-refractivity contribution < 1.29 is 9.59 Å². The first kappa shape index (κ1) is 20.3. The molecule has 7 heteroatoms. The van der Waals surface area contributed by atoms with Gasteiger partial charge in [-0.15, -0.1) is 0 Å². The fourth-order valence-corrected chi connectivity index (χ4v) is 3.09. The van der Waals surface area contributed by atoms with E-state index in [-0.39, 0.29) is 30.3 Å². The monoisotopic (exact) mass is 392 g/mol. The first-order chi connectivity index (χ1) is 14.0. The molecular weight excluding hydrogens is 368 g/mol. The standard InChI is InChI=1S/C22H24N4O3/c1-3-23-21(28)17-8-5-7-16(12-17)13-24-19(27)10-11-26-14-25-20-15(2)6-4-9-18(20)22(26)29/h4-9,12,14H,3,10-11,13H2,1-2H3,(H,23,28)(H,24,27). The van der Waals surface area contributed by atoms with Crippen LogP contribution in [0.4, 0.5) is 0 Å². The minimum Gasteiger partial charge on any atom is -0.352 e. The number of fused-ring (bicyclic) bond motifs is 1. The normalized spacial score (nSPS) is 10.7. The van der Waals surface area contributed by atoms with E-state index in [0.29, 0.717) is 29.6 Å². The molecule has 0 fully saturated rings. The van der Waals surface area contributed by atoms with E-state index < -0.39 is 0 Å². The Morgan fingerprint density at radius 3 is 2.69 bits per heavy atom. The summed E-state index contributed by atoms with van der Waals surface area (Å²) in [7, 11) is 0. The van der Waals surface area contributed by atoms with Gasteiger partial charge in [-0.25, -0.2) is 4.98 Å². The Morgan fingerprint density at radius 2 is 1.90 bits per heavy atom. The summed E-state index contributed by atoms with van der Waals surface area (Å²) in [5.74, 6) is -0.316. The third kappa shape index (κ3) is 4.87. The van der Waals surface area contributed by atoms with E-state index in [1.165, 1.54) is 10.9 Å². The number of amides is 2. The average Bonchev–Trinajstić information content (AvgIpc) is 2.73. The first-order valence-electron chi connectivity index (χ1n) is 9.58. The van der Waals surface area contributed by atoms with Crippen molar-refractivity contribution in [2.24, 2.45) is 0 Å². The molecule has 0 unspecified atom stereocenters. The molecule has 2 amide bonds. The number of hydrogen-bond acceptors (Lipinski definition) is 4. The van der Waals surface area contributed by atoms with Crippen molar-refractivity contribution in [3.8, 4) is 0 Å². The van der Waals surface area contributed by atoms with Gasteiger partial charge in [0.15, 0.2) is 0 Å². The molecule has 0 spiro atoms. The predicted molar refractivity (Wildman–Crippen MR) is 112 cm³/mol. The van der Waals surface area contributed by atoms with Crippen molar-refractivity contribution in [1.29, 1.82) is 0 Å². The molecule has 0 radical (unpaired) electrons. The van der Waals surface area contributed by atoms with E-state index in [9.17, 15) is 14.4 Å². The molecule has 0 saturated heterocycles. The molecule has 150 valence electrons. The highest BCUT2D eigenvalue weighted by molar-refractivity contribution is 5.94. The van der Waals surface area contributed by atoms with Crippen LogP contribution in [0.1, 0.15) is 34.8 Å². The van der Waals surface area contributed by atoms with Crippen LogP contribution < -0.4 is 16.2 Å². The number of carbonyl (C=O) groups is 2. The highest BCUT2D eigenvalue weighted by Crippen LogP contribution is 2.11. The summed E-state index contributed by atoms with van der Waals surface area (Å²) in [6.45, 7) is 4.89. The van der Waals surface area contributed by atoms with Gasteiger partial charge >= 0.3 is 0 Å². The van der Waals surface area contributed by atoms with E-state index in [1.54, 1.807) is 24.3 Å². The first-order valence-corrected chi connectivity index (χ1v) is 9.58. The van der Waals surface area contributed by atoms with Gasteiger partial charge < -0.3 is 10.6 Å². The summed E-state index contributed by atoms with van der Waals surface area (Å²) >= 11 is 0. The maximum absolute atomic E-state index is 12.6. The van der Waals surface area contributed by atoms with Crippen molar-refractivity contribution in [1.82, 2.24) is 20.2 Å². The number of nitrogens with one attached hydrogen (secondary N) is 2. The van der Waals surface area contributed by atoms with Gasteiger partial charge in [-0.05, 0) is 43.2 Å². The van der Waals surface area contributed by atoms with Gasteiger partial charge in [0, 0.05) is 31.6 Å². The summed E-state index contributed by atoms with van der Waals surface area (Å²) < 4.78 is 1.46. The molecular formula is C22H24N4O3. The number of nitrogens with zero attached hydrogens (tertiary/aromatic N) is 2. The summed E-state index contributed by atoms with van der Waals surface area (Å²) in [4.78, 5) is 41.0. The van der Waals surface area contributed by atoms with E-state index in [4.69, 9.17) is 0 Å². The zero-order chi connectivity index (χ0) is 20.8. The molecule has 0 bridgehead atoms. The average molecular weight is 392 g/mol. The number of rotatable bonds is 7. The van der Waals surface area contributed by atoms with Crippen LogP contribution in [0, 0.1) is 6.92 Å². The third-order valence-corrected chi connectivity index (χ3v) is 4.65. The summed E-state index contributed by atoms with van der Waals surface area (Å²) in [5, 5.41) is 6.13. The van der Waals surface area contributed by atoms with Gasteiger partial charge in [0.25, 0.3) is 11.5 Å². The van der Waals surface area contributed by atoms with Crippen molar-refractivity contribution in [3.63, 3.8) is 0 Å². The topological polar surface area (TPSA) is 93.1 Å². The number of aromatic nitrogens is 2. The van der Waals surface area contributed by atoms with Gasteiger partial charge in [-0.1, -0.05) is 24.3 Å². The minimum absolute atomic E-state index is 0.140. The fourth-order valence-electron chi connectivity index (χ4n) is 3.09. The fraction of sp³-hybridized carbons (Fsp3) is 0.273. The second kappa shape index (κ2) is 9.14. The molecule has 3 aromatic rings.